The number of aldehydes is 1. The number of primary amides is 1. The van der Waals surface area contributed by atoms with Crippen molar-refractivity contribution in [1.82, 2.24) is 15.5 Å². The Labute approximate surface area is 257 Å². The number of nitrogens with one attached hydrogen (secondary N) is 2. The number of amides is 1. The van der Waals surface area contributed by atoms with Gasteiger partial charge in [-0.1, -0.05) is 56.3 Å². The van der Waals surface area contributed by atoms with Crippen LogP contribution < -0.4 is 22.1 Å². The topological polar surface area (TPSA) is 127 Å². The van der Waals surface area contributed by atoms with Gasteiger partial charge < -0.3 is 31.4 Å². The Morgan fingerprint density at radius 1 is 1.19 bits per heavy atom. The van der Waals surface area contributed by atoms with Crippen molar-refractivity contribution in [3.05, 3.63) is 82.9 Å². The SMILES string of the molecule is C=CN.CN/C(CCCN(C)C)=C(\C=O)CC(C)(C)Cc1cc(Cl)cc2cc(C)oc12.CNC1C=CC=CC1.NC=O. The summed E-state index contributed by atoms with van der Waals surface area (Å²) in [5.74, 6) is 0.878. The maximum Gasteiger partial charge on any atom is 0.204 e. The van der Waals surface area contributed by atoms with Crippen molar-refractivity contribution in [2.24, 2.45) is 16.9 Å². The lowest BCUT2D eigenvalue weighted by Crippen LogP contribution is -2.22. The minimum Gasteiger partial charge on any atom is -0.461 e. The highest BCUT2D eigenvalue weighted by Gasteiger charge is 2.24. The Hall–Kier alpha value is -3.33. The molecule has 3 rings (SSSR count). The van der Waals surface area contributed by atoms with E-state index in [-0.39, 0.29) is 11.8 Å². The molecule has 42 heavy (non-hydrogen) atoms. The largest absolute Gasteiger partial charge is 0.461 e. The lowest BCUT2D eigenvalue weighted by atomic mass is 9.79. The molecule has 1 aliphatic rings. The van der Waals surface area contributed by atoms with Crippen molar-refractivity contribution >= 4 is 35.3 Å². The highest BCUT2D eigenvalue weighted by Crippen LogP contribution is 2.35. The molecule has 0 aliphatic heterocycles. The van der Waals surface area contributed by atoms with Crippen LogP contribution in [0, 0.1) is 12.3 Å². The number of hydrogen-bond donors (Lipinski definition) is 4. The number of carbonyl (C=O) groups is 2. The fraction of sp³-hybridized carbons (Fsp3) is 0.455. The molecule has 1 aromatic heterocycles. The van der Waals surface area contributed by atoms with E-state index in [4.69, 9.17) is 20.8 Å². The van der Waals surface area contributed by atoms with Crippen molar-refractivity contribution in [2.45, 2.75) is 58.9 Å². The minimum absolute atomic E-state index is 0.113. The van der Waals surface area contributed by atoms with Gasteiger partial charge in [-0.05, 0) is 102 Å². The summed E-state index contributed by atoms with van der Waals surface area (Å²) in [4.78, 5) is 22.6. The third-order valence-corrected chi connectivity index (χ3v) is 6.55. The number of nitrogens with zero attached hydrogens (tertiary/aromatic N) is 1. The first-order valence-electron chi connectivity index (χ1n) is 14.1. The number of aryl methyl sites for hydroxylation is 1. The van der Waals surface area contributed by atoms with Gasteiger partial charge in [0, 0.05) is 34.8 Å². The molecule has 0 bridgehead atoms. The third kappa shape index (κ3) is 15.6. The second-order valence-corrected chi connectivity index (χ2v) is 11.4. The summed E-state index contributed by atoms with van der Waals surface area (Å²) >= 11 is 6.33. The molecule has 1 aromatic carbocycles. The normalized spacial score (nSPS) is 14.4. The maximum absolute atomic E-state index is 11.9. The molecule has 0 spiro atoms. The van der Waals surface area contributed by atoms with E-state index in [1.807, 2.05) is 39.2 Å². The molecule has 9 heteroatoms. The van der Waals surface area contributed by atoms with E-state index < -0.39 is 0 Å². The zero-order valence-corrected chi connectivity index (χ0v) is 27.3. The van der Waals surface area contributed by atoms with Gasteiger partial charge in [0.2, 0.25) is 6.41 Å². The zero-order chi connectivity index (χ0) is 32.1. The summed E-state index contributed by atoms with van der Waals surface area (Å²) < 4.78 is 5.92. The van der Waals surface area contributed by atoms with Crippen LogP contribution in [-0.4, -0.2) is 58.4 Å². The number of halogens is 1. The Kier molecular flexibility index (Phi) is 19.7. The van der Waals surface area contributed by atoms with E-state index in [2.05, 4.69) is 85.8 Å². The van der Waals surface area contributed by atoms with Gasteiger partial charge in [-0.3, -0.25) is 9.59 Å². The van der Waals surface area contributed by atoms with Crippen LogP contribution in [0.15, 0.2) is 71.0 Å². The van der Waals surface area contributed by atoms with Crippen LogP contribution in [0.1, 0.15) is 50.9 Å². The highest BCUT2D eigenvalue weighted by molar-refractivity contribution is 6.31. The maximum atomic E-state index is 11.9. The van der Waals surface area contributed by atoms with Crippen LogP contribution in [0.2, 0.25) is 5.02 Å². The second kappa shape index (κ2) is 21.4. The van der Waals surface area contributed by atoms with E-state index in [9.17, 15) is 4.79 Å². The third-order valence-electron chi connectivity index (χ3n) is 6.33. The van der Waals surface area contributed by atoms with E-state index in [1.54, 1.807) is 0 Å². The summed E-state index contributed by atoms with van der Waals surface area (Å²) in [5.41, 5.74) is 12.5. The molecule has 0 fully saturated rings. The Bertz CT molecular complexity index is 1180. The molecule has 1 aliphatic carbocycles. The average Bonchev–Trinajstić information content (AvgIpc) is 3.31. The first-order valence-corrected chi connectivity index (χ1v) is 14.5. The number of fused-ring (bicyclic) bond motifs is 1. The fourth-order valence-corrected chi connectivity index (χ4v) is 4.82. The van der Waals surface area contributed by atoms with Gasteiger partial charge in [0.15, 0.2) is 0 Å². The molecule has 2 aromatic rings. The van der Waals surface area contributed by atoms with Gasteiger partial charge in [0.1, 0.15) is 17.6 Å². The molecule has 1 amide bonds. The minimum atomic E-state index is -0.113. The average molecular weight is 602 g/mol. The number of rotatable bonds is 11. The summed E-state index contributed by atoms with van der Waals surface area (Å²) in [6.07, 6.45) is 15.5. The Morgan fingerprint density at radius 3 is 2.31 bits per heavy atom. The van der Waals surface area contributed by atoms with Crippen molar-refractivity contribution < 1.29 is 14.0 Å². The first kappa shape index (κ1) is 38.7. The summed E-state index contributed by atoms with van der Waals surface area (Å²) in [6, 6.07) is 6.50. The molecular weight excluding hydrogens is 550 g/mol. The number of nitrogens with two attached hydrogens (primary N) is 2. The Morgan fingerprint density at radius 2 is 1.83 bits per heavy atom. The molecule has 1 heterocycles. The van der Waals surface area contributed by atoms with Gasteiger partial charge >= 0.3 is 0 Å². The molecule has 6 N–H and O–H groups in total. The predicted molar refractivity (Wildman–Crippen MR) is 178 cm³/mol. The second-order valence-electron chi connectivity index (χ2n) is 11.0. The molecule has 0 saturated carbocycles. The van der Waals surface area contributed by atoms with Crippen LogP contribution in [0.3, 0.4) is 0 Å². The van der Waals surface area contributed by atoms with Crippen LogP contribution >= 0.6 is 11.6 Å². The number of benzene rings is 1. The number of furan rings is 1. The number of likely N-dealkylation sites (N-methyl/N-ethyl adjacent to an activating group) is 1. The monoisotopic (exact) mass is 601 g/mol. The van der Waals surface area contributed by atoms with Crippen molar-refractivity contribution in [2.75, 3.05) is 34.7 Å². The quantitative estimate of drug-likeness (QED) is 0.194. The smallest absolute Gasteiger partial charge is 0.204 e. The van der Waals surface area contributed by atoms with E-state index in [0.717, 1.165) is 72.1 Å². The summed E-state index contributed by atoms with van der Waals surface area (Å²) in [7, 11) is 8.00. The van der Waals surface area contributed by atoms with Crippen molar-refractivity contribution in [3.8, 4) is 0 Å². The molecule has 0 radical (unpaired) electrons. The molecular formula is C33H52ClN5O3. The fourth-order valence-electron chi connectivity index (χ4n) is 4.57. The summed E-state index contributed by atoms with van der Waals surface area (Å²) in [5, 5.41) is 8.15. The number of allylic oxidation sites excluding steroid dienone is 4. The van der Waals surface area contributed by atoms with Crippen molar-refractivity contribution in [3.63, 3.8) is 0 Å². The zero-order valence-electron chi connectivity index (χ0n) is 26.5. The lowest BCUT2D eigenvalue weighted by Gasteiger charge is -2.26. The van der Waals surface area contributed by atoms with Gasteiger partial charge in [-0.25, -0.2) is 0 Å². The van der Waals surface area contributed by atoms with Crippen LogP contribution in [0.5, 0.6) is 0 Å². The lowest BCUT2D eigenvalue weighted by molar-refractivity contribution is -0.107. The van der Waals surface area contributed by atoms with Crippen LogP contribution in [0.25, 0.3) is 11.0 Å². The van der Waals surface area contributed by atoms with Gasteiger partial charge in [0.05, 0.1) is 0 Å². The van der Waals surface area contributed by atoms with Crippen molar-refractivity contribution in [1.29, 1.82) is 0 Å². The van der Waals surface area contributed by atoms with E-state index in [0.29, 0.717) is 17.5 Å². The molecule has 1 atom stereocenters. The number of carbonyl (C=O) groups excluding carboxylic acids is 2. The Balaban J connectivity index is 0.000000988. The molecule has 0 saturated heterocycles. The van der Waals surface area contributed by atoms with Gasteiger partial charge in [0.25, 0.3) is 0 Å². The first-order chi connectivity index (χ1) is 19.9. The molecule has 1 unspecified atom stereocenters. The molecule has 234 valence electrons. The standard InChI is InChI=1S/C23H33ClN2O2.C7H11N.C2H5N.CH3NO/c1-16-10-17-11-20(24)12-18(22(17)28-16)13-23(2,3)14-19(15-27)21(25-4)8-7-9-26(5)6;1-8-7-5-3-2-4-6-7;1-2-3;2-1-3/h10-12,15,25H,7-9,13-14H2,1-6H3;2-5,7-8H,6H2,1H3;2H,1,3H2;1H,(H2,2,3)/b21-19-;;;. The van der Waals surface area contributed by atoms with Gasteiger partial charge in [-0.2, -0.15) is 0 Å². The predicted octanol–water partition coefficient (Wildman–Crippen LogP) is 5.65. The number of hydrogen-bond acceptors (Lipinski definition) is 7. The van der Waals surface area contributed by atoms with Crippen LogP contribution in [-0.2, 0) is 16.0 Å². The highest BCUT2D eigenvalue weighted by atomic mass is 35.5. The molecule has 8 nitrogen and oxygen atoms in total. The van der Waals surface area contributed by atoms with E-state index in [1.165, 1.54) is 6.20 Å². The van der Waals surface area contributed by atoms with E-state index >= 15 is 0 Å². The summed E-state index contributed by atoms with van der Waals surface area (Å²) in [6.45, 7) is 10.5. The van der Waals surface area contributed by atoms with Crippen LogP contribution in [0.4, 0.5) is 0 Å². The van der Waals surface area contributed by atoms with Gasteiger partial charge in [-0.15, -0.1) is 0 Å².